The summed E-state index contributed by atoms with van der Waals surface area (Å²) in [7, 11) is 0. The van der Waals surface area contributed by atoms with Gasteiger partial charge in [0.1, 0.15) is 0 Å². The van der Waals surface area contributed by atoms with E-state index in [1.165, 1.54) is 0 Å². The van der Waals surface area contributed by atoms with Gasteiger partial charge < -0.3 is 15.6 Å². The van der Waals surface area contributed by atoms with Gasteiger partial charge in [-0.2, -0.15) is 4.98 Å². The maximum Gasteiger partial charge on any atom is 0.292 e. The zero-order chi connectivity index (χ0) is 12.3. The van der Waals surface area contributed by atoms with Crippen LogP contribution in [-0.4, -0.2) is 28.6 Å². The molecule has 0 aliphatic heterocycles. The van der Waals surface area contributed by atoms with Crippen molar-refractivity contribution in [2.24, 2.45) is 11.7 Å². The Hall–Kier alpha value is -1.43. The lowest BCUT2D eigenvalue weighted by Gasteiger charge is -2.03. The van der Waals surface area contributed by atoms with Crippen molar-refractivity contribution in [3.63, 3.8) is 0 Å². The molecular weight excluding hydrogens is 220 g/mol. The number of nitrogens with zero attached hydrogens (tertiary/aromatic N) is 2. The molecule has 0 saturated heterocycles. The second-order valence-corrected chi connectivity index (χ2v) is 4.64. The minimum Gasteiger partial charge on any atom is -0.346 e. The Morgan fingerprint density at radius 2 is 2.41 bits per heavy atom. The SMILES string of the molecule is CC(CN)CCc1nc(C(=O)NC2CC2)no1. The lowest BCUT2D eigenvalue weighted by Crippen LogP contribution is -2.26. The Labute approximate surface area is 99.9 Å². The van der Waals surface area contributed by atoms with E-state index in [2.05, 4.69) is 22.4 Å². The van der Waals surface area contributed by atoms with E-state index in [-0.39, 0.29) is 11.7 Å². The molecule has 3 N–H and O–H groups in total. The zero-order valence-corrected chi connectivity index (χ0v) is 9.98. The highest BCUT2D eigenvalue weighted by molar-refractivity contribution is 5.90. The third kappa shape index (κ3) is 3.52. The molecule has 1 aromatic rings. The lowest BCUT2D eigenvalue weighted by atomic mass is 10.1. The number of aromatic nitrogens is 2. The molecule has 0 aromatic carbocycles. The normalized spacial score (nSPS) is 16.8. The van der Waals surface area contributed by atoms with E-state index < -0.39 is 0 Å². The first-order chi connectivity index (χ1) is 8.19. The van der Waals surface area contributed by atoms with Gasteiger partial charge in [-0.15, -0.1) is 0 Å². The highest BCUT2D eigenvalue weighted by Crippen LogP contribution is 2.19. The molecule has 1 fully saturated rings. The molecule has 1 amide bonds. The van der Waals surface area contributed by atoms with Gasteiger partial charge in [0.2, 0.25) is 5.89 Å². The lowest BCUT2D eigenvalue weighted by molar-refractivity contribution is 0.0937. The maximum absolute atomic E-state index is 11.6. The first-order valence-corrected chi connectivity index (χ1v) is 6.02. The summed E-state index contributed by atoms with van der Waals surface area (Å²) in [6.45, 7) is 2.71. The van der Waals surface area contributed by atoms with E-state index in [9.17, 15) is 4.79 Å². The molecule has 1 saturated carbocycles. The number of hydrogen-bond donors (Lipinski definition) is 2. The van der Waals surface area contributed by atoms with E-state index in [0.29, 0.717) is 30.8 Å². The van der Waals surface area contributed by atoms with Gasteiger partial charge in [-0.3, -0.25) is 4.79 Å². The molecule has 1 atom stereocenters. The predicted molar refractivity (Wildman–Crippen MR) is 61.3 cm³/mol. The number of nitrogens with two attached hydrogens (primary N) is 1. The van der Waals surface area contributed by atoms with Crippen molar-refractivity contribution < 1.29 is 9.32 Å². The minimum absolute atomic E-state index is 0.132. The standard InChI is InChI=1S/C11H18N4O2/c1-7(6-12)2-5-9-14-10(15-17-9)11(16)13-8-3-4-8/h7-8H,2-6,12H2,1H3,(H,13,16). The number of aryl methyl sites for hydroxylation is 1. The summed E-state index contributed by atoms with van der Waals surface area (Å²) in [5.74, 6) is 0.818. The molecule has 6 nitrogen and oxygen atoms in total. The summed E-state index contributed by atoms with van der Waals surface area (Å²) in [6.07, 6.45) is 3.65. The molecule has 17 heavy (non-hydrogen) atoms. The van der Waals surface area contributed by atoms with E-state index in [0.717, 1.165) is 19.3 Å². The van der Waals surface area contributed by atoms with Crippen LogP contribution in [0.15, 0.2) is 4.52 Å². The summed E-state index contributed by atoms with van der Waals surface area (Å²) < 4.78 is 5.02. The fourth-order valence-electron chi connectivity index (χ4n) is 1.41. The third-order valence-electron chi connectivity index (χ3n) is 2.84. The van der Waals surface area contributed by atoms with Crippen molar-refractivity contribution in [2.75, 3.05) is 6.54 Å². The Kier molecular flexibility index (Phi) is 3.73. The van der Waals surface area contributed by atoms with Gasteiger partial charge in [0.15, 0.2) is 0 Å². The molecule has 94 valence electrons. The van der Waals surface area contributed by atoms with Gasteiger partial charge in [0.05, 0.1) is 0 Å². The highest BCUT2D eigenvalue weighted by atomic mass is 16.5. The van der Waals surface area contributed by atoms with Crippen molar-refractivity contribution in [1.29, 1.82) is 0 Å². The van der Waals surface area contributed by atoms with Crippen LogP contribution in [0.2, 0.25) is 0 Å². The van der Waals surface area contributed by atoms with Gasteiger partial charge in [-0.25, -0.2) is 0 Å². The predicted octanol–water partition coefficient (Wildman–Crippen LogP) is 0.489. The monoisotopic (exact) mass is 238 g/mol. The molecule has 0 radical (unpaired) electrons. The Balaban J connectivity index is 1.84. The van der Waals surface area contributed by atoms with Crippen LogP contribution in [0.5, 0.6) is 0 Å². The summed E-state index contributed by atoms with van der Waals surface area (Å²) in [5.41, 5.74) is 5.52. The quantitative estimate of drug-likeness (QED) is 0.752. The molecule has 0 bridgehead atoms. The second-order valence-electron chi connectivity index (χ2n) is 4.64. The number of amides is 1. The van der Waals surface area contributed by atoms with Gasteiger partial charge in [0.25, 0.3) is 11.7 Å². The smallest absolute Gasteiger partial charge is 0.292 e. The van der Waals surface area contributed by atoms with Gasteiger partial charge in [0, 0.05) is 12.5 Å². The summed E-state index contributed by atoms with van der Waals surface area (Å²) in [4.78, 5) is 15.7. The third-order valence-corrected chi connectivity index (χ3v) is 2.84. The number of carbonyl (C=O) groups is 1. The van der Waals surface area contributed by atoms with E-state index in [1.54, 1.807) is 0 Å². The second kappa shape index (κ2) is 5.27. The van der Waals surface area contributed by atoms with Crippen LogP contribution in [-0.2, 0) is 6.42 Å². The number of hydrogen-bond acceptors (Lipinski definition) is 5. The van der Waals surface area contributed by atoms with E-state index in [1.807, 2.05) is 0 Å². The molecule has 1 unspecified atom stereocenters. The van der Waals surface area contributed by atoms with Crippen LogP contribution >= 0.6 is 0 Å². The number of nitrogens with one attached hydrogen (secondary N) is 1. The summed E-state index contributed by atoms with van der Waals surface area (Å²) >= 11 is 0. The van der Waals surface area contributed by atoms with E-state index in [4.69, 9.17) is 10.3 Å². The van der Waals surface area contributed by atoms with Crippen LogP contribution in [0.4, 0.5) is 0 Å². The van der Waals surface area contributed by atoms with Crippen LogP contribution in [0.1, 0.15) is 42.7 Å². The molecule has 1 aromatic heterocycles. The highest BCUT2D eigenvalue weighted by Gasteiger charge is 2.26. The van der Waals surface area contributed by atoms with Crippen LogP contribution in [0.25, 0.3) is 0 Å². The maximum atomic E-state index is 11.6. The molecule has 2 rings (SSSR count). The number of rotatable bonds is 6. The Morgan fingerprint density at radius 1 is 1.65 bits per heavy atom. The molecule has 6 heteroatoms. The summed E-state index contributed by atoms with van der Waals surface area (Å²) in [6, 6.07) is 0.307. The van der Waals surface area contributed by atoms with Crippen LogP contribution < -0.4 is 11.1 Å². The largest absolute Gasteiger partial charge is 0.346 e. The van der Waals surface area contributed by atoms with Crippen molar-refractivity contribution in [1.82, 2.24) is 15.5 Å². The minimum atomic E-state index is -0.241. The first kappa shape index (κ1) is 12.0. The van der Waals surface area contributed by atoms with Crippen molar-refractivity contribution in [3.8, 4) is 0 Å². The molecule has 0 spiro atoms. The average molecular weight is 238 g/mol. The topological polar surface area (TPSA) is 94.0 Å². The Bertz CT molecular complexity index is 387. The Morgan fingerprint density at radius 3 is 3.06 bits per heavy atom. The number of carbonyl (C=O) groups excluding carboxylic acids is 1. The van der Waals surface area contributed by atoms with Crippen LogP contribution in [0, 0.1) is 5.92 Å². The fraction of sp³-hybridized carbons (Fsp3) is 0.727. The first-order valence-electron chi connectivity index (χ1n) is 6.02. The zero-order valence-electron chi connectivity index (χ0n) is 9.98. The van der Waals surface area contributed by atoms with Crippen molar-refractivity contribution in [3.05, 3.63) is 11.7 Å². The summed E-state index contributed by atoms with van der Waals surface area (Å²) in [5, 5.41) is 6.49. The van der Waals surface area contributed by atoms with Crippen molar-refractivity contribution in [2.45, 2.75) is 38.6 Å². The van der Waals surface area contributed by atoms with Crippen molar-refractivity contribution >= 4 is 5.91 Å². The average Bonchev–Trinajstić information content (AvgIpc) is 3.01. The fourth-order valence-corrected chi connectivity index (χ4v) is 1.41. The van der Waals surface area contributed by atoms with Crippen LogP contribution in [0.3, 0.4) is 0 Å². The molecule has 1 aliphatic carbocycles. The molecule has 1 heterocycles. The van der Waals surface area contributed by atoms with Gasteiger partial charge in [-0.1, -0.05) is 12.1 Å². The van der Waals surface area contributed by atoms with E-state index >= 15 is 0 Å². The molecular formula is C11H18N4O2. The molecule has 1 aliphatic rings. The van der Waals surface area contributed by atoms with Gasteiger partial charge >= 0.3 is 0 Å². The van der Waals surface area contributed by atoms with Gasteiger partial charge in [-0.05, 0) is 31.7 Å².